The molecule has 1 aromatic carbocycles. The first-order chi connectivity index (χ1) is 13.7. The van der Waals surface area contributed by atoms with Crippen LogP contribution in [-0.4, -0.2) is 30.4 Å². The summed E-state index contributed by atoms with van der Waals surface area (Å²) in [6, 6.07) is 5.62. The van der Waals surface area contributed by atoms with Crippen LogP contribution in [0.1, 0.15) is 39.3 Å². The van der Waals surface area contributed by atoms with Gasteiger partial charge in [-0.3, -0.25) is 18.5 Å². The van der Waals surface area contributed by atoms with E-state index in [1.165, 1.54) is 16.7 Å². The highest BCUT2D eigenvalue weighted by Crippen LogP contribution is 2.30. The first-order valence-corrected chi connectivity index (χ1v) is 9.51. The Morgan fingerprint density at radius 2 is 1.83 bits per heavy atom. The molecule has 2 aromatic heterocycles. The van der Waals surface area contributed by atoms with Gasteiger partial charge in [-0.2, -0.15) is 10.1 Å². The molecule has 1 atom stereocenters. The predicted octanol–water partition coefficient (Wildman–Crippen LogP) is 2.25. The van der Waals surface area contributed by atoms with Gasteiger partial charge in [0.2, 0.25) is 5.95 Å². The van der Waals surface area contributed by atoms with E-state index in [0.717, 1.165) is 10.3 Å². The molecule has 1 aliphatic rings. The van der Waals surface area contributed by atoms with Crippen LogP contribution in [0.15, 0.2) is 39.0 Å². The maximum Gasteiger partial charge on any atom is 0.332 e. The first-order valence-electron chi connectivity index (χ1n) is 9.51. The maximum absolute atomic E-state index is 13.4. The summed E-state index contributed by atoms with van der Waals surface area (Å²) in [7, 11) is 1.60. The number of hydrogen-bond acceptors (Lipinski definition) is 5. The van der Waals surface area contributed by atoms with E-state index >= 15 is 0 Å². The summed E-state index contributed by atoms with van der Waals surface area (Å²) >= 11 is 0. The van der Waals surface area contributed by atoms with E-state index in [2.05, 4.69) is 10.1 Å². The van der Waals surface area contributed by atoms with Gasteiger partial charge < -0.3 is 0 Å². The third-order valence-electron chi connectivity index (χ3n) is 5.36. The molecule has 0 bridgehead atoms. The van der Waals surface area contributed by atoms with E-state index in [-0.39, 0.29) is 24.4 Å². The SMILES string of the molecule is CC1=NN(C(C)C)c2nc3c(c(=O)n(Cc4ccc(F)cc4)c(=O)n3C)n2C1C. The Bertz CT molecular complexity index is 1250. The second kappa shape index (κ2) is 6.68. The molecule has 9 heteroatoms. The zero-order valence-corrected chi connectivity index (χ0v) is 17.0. The molecular weight excluding hydrogens is 375 g/mol. The number of benzene rings is 1. The molecule has 4 rings (SSSR count). The lowest BCUT2D eigenvalue weighted by molar-refractivity contribution is 0.596. The Morgan fingerprint density at radius 1 is 1.17 bits per heavy atom. The number of imidazole rings is 1. The molecule has 29 heavy (non-hydrogen) atoms. The largest absolute Gasteiger partial charge is 0.332 e. The van der Waals surface area contributed by atoms with Crippen LogP contribution in [0.5, 0.6) is 0 Å². The van der Waals surface area contributed by atoms with E-state index in [4.69, 9.17) is 0 Å². The molecule has 0 spiro atoms. The minimum absolute atomic E-state index is 0.0338. The lowest BCUT2D eigenvalue weighted by atomic mass is 10.2. The van der Waals surface area contributed by atoms with Crippen LogP contribution in [0.4, 0.5) is 10.3 Å². The molecule has 0 aliphatic carbocycles. The maximum atomic E-state index is 13.4. The molecule has 1 aliphatic heterocycles. The van der Waals surface area contributed by atoms with Crippen molar-refractivity contribution in [2.45, 2.75) is 46.3 Å². The molecule has 0 fully saturated rings. The van der Waals surface area contributed by atoms with Crippen molar-refractivity contribution in [1.82, 2.24) is 18.7 Å². The third kappa shape index (κ3) is 2.88. The summed E-state index contributed by atoms with van der Waals surface area (Å²) in [6.07, 6.45) is 0. The zero-order chi connectivity index (χ0) is 21.0. The Labute approximate surface area is 166 Å². The highest BCUT2D eigenvalue weighted by atomic mass is 19.1. The van der Waals surface area contributed by atoms with E-state index in [0.29, 0.717) is 22.7 Å². The molecule has 1 unspecified atom stereocenters. The fourth-order valence-corrected chi connectivity index (χ4v) is 3.60. The molecule has 8 nitrogen and oxygen atoms in total. The number of aromatic nitrogens is 4. The van der Waals surface area contributed by atoms with Crippen LogP contribution in [0.3, 0.4) is 0 Å². The number of aryl methyl sites for hydroxylation is 1. The van der Waals surface area contributed by atoms with Gasteiger partial charge in [-0.05, 0) is 45.4 Å². The molecule has 3 aromatic rings. The number of anilines is 1. The summed E-state index contributed by atoms with van der Waals surface area (Å²) < 4.78 is 17.6. The first kappa shape index (κ1) is 19.1. The minimum atomic E-state index is -0.469. The van der Waals surface area contributed by atoms with E-state index in [9.17, 15) is 14.0 Å². The number of rotatable bonds is 3. The molecule has 0 saturated carbocycles. The highest BCUT2D eigenvalue weighted by molar-refractivity contribution is 5.91. The van der Waals surface area contributed by atoms with Crippen LogP contribution in [0, 0.1) is 5.82 Å². The average molecular weight is 398 g/mol. The Kier molecular flexibility index (Phi) is 4.40. The van der Waals surface area contributed by atoms with Gasteiger partial charge >= 0.3 is 5.69 Å². The second-order valence-corrected chi connectivity index (χ2v) is 7.67. The van der Waals surface area contributed by atoms with Crippen molar-refractivity contribution in [3.8, 4) is 0 Å². The lowest BCUT2D eigenvalue weighted by Gasteiger charge is -2.31. The fraction of sp³-hybridized carbons (Fsp3) is 0.400. The van der Waals surface area contributed by atoms with E-state index in [1.807, 2.05) is 32.3 Å². The fourth-order valence-electron chi connectivity index (χ4n) is 3.60. The van der Waals surface area contributed by atoms with Crippen molar-refractivity contribution in [2.24, 2.45) is 12.1 Å². The summed E-state index contributed by atoms with van der Waals surface area (Å²) in [4.78, 5) is 30.9. The van der Waals surface area contributed by atoms with Crippen molar-refractivity contribution >= 4 is 22.8 Å². The Balaban J connectivity index is 1.99. The summed E-state index contributed by atoms with van der Waals surface area (Å²) in [5.74, 6) is 0.173. The molecule has 0 amide bonds. The summed E-state index contributed by atoms with van der Waals surface area (Å²) in [6.45, 7) is 7.89. The molecule has 0 radical (unpaired) electrons. The zero-order valence-electron chi connectivity index (χ0n) is 17.0. The Hall–Kier alpha value is -3.23. The van der Waals surface area contributed by atoms with Crippen LogP contribution < -0.4 is 16.3 Å². The monoisotopic (exact) mass is 398 g/mol. The number of hydrazone groups is 1. The lowest BCUT2D eigenvalue weighted by Crippen LogP contribution is -2.41. The van der Waals surface area contributed by atoms with Crippen molar-refractivity contribution in [1.29, 1.82) is 0 Å². The van der Waals surface area contributed by atoms with Gasteiger partial charge in [0.25, 0.3) is 5.56 Å². The average Bonchev–Trinajstić information content (AvgIpc) is 3.08. The molecule has 0 saturated heterocycles. The number of fused-ring (bicyclic) bond motifs is 3. The van der Waals surface area contributed by atoms with Crippen molar-refractivity contribution < 1.29 is 4.39 Å². The quantitative estimate of drug-likeness (QED) is 0.678. The summed E-state index contributed by atoms with van der Waals surface area (Å²) in [5.41, 5.74) is 1.31. The molecular formula is C20H23FN6O2. The van der Waals surface area contributed by atoms with Crippen molar-refractivity contribution in [3.05, 3.63) is 56.5 Å². The Morgan fingerprint density at radius 3 is 2.45 bits per heavy atom. The van der Waals surface area contributed by atoms with Crippen LogP contribution in [-0.2, 0) is 13.6 Å². The van der Waals surface area contributed by atoms with Gasteiger partial charge in [-0.15, -0.1) is 0 Å². The number of halogens is 1. The standard InChI is InChI=1S/C20H23FN6O2/c1-11(2)27-19-22-17-16(26(19)13(4)12(3)23-27)18(28)25(20(29)24(17)5)10-14-6-8-15(21)9-7-14/h6-9,11,13H,10H2,1-5H3. The van der Waals surface area contributed by atoms with Crippen LogP contribution in [0.25, 0.3) is 11.2 Å². The molecule has 3 heterocycles. The van der Waals surface area contributed by atoms with Gasteiger partial charge in [0.15, 0.2) is 11.2 Å². The van der Waals surface area contributed by atoms with Crippen molar-refractivity contribution in [2.75, 3.05) is 5.01 Å². The van der Waals surface area contributed by atoms with E-state index in [1.54, 1.807) is 24.2 Å². The smallest absolute Gasteiger partial charge is 0.294 e. The normalized spacial score (nSPS) is 16.4. The van der Waals surface area contributed by atoms with Crippen LogP contribution in [0.2, 0.25) is 0 Å². The van der Waals surface area contributed by atoms with E-state index < -0.39 is 11.2 Å². The third-order valence-corrected chi connectivity index (χ3v) is 5.36. The molecule has 0 N–H and O–H groups in total. The van der Waals surface area contributed by atoms with Gasteiger partial charge in [0, 0.05) is 7.05 Å². The van der Waals surface area contributed by atoms with Crippen molar-refractivity contribution in [3.63, 3.8) is 0 Å². The van der Waals surface area contributed by atoms with Gasteiger partial charge in [-0.25, -0.2) is 14.2 Å². The number of nitrogens with zero attached hydrogens (tertiary/aromatic N) is 6. The van der Waals surface area contributed by atoms with Crippen LogP contribution >= 0.6 is 0 Å². The predicted molar refractivity (Wildman–Crippen MR) is 110 cm³/mol. The summed E-state index contributed by atoms with van der Waals surface area (Å²) in [5, 5.41) is 6.38. The van der Waals surface area contributed by atoms with Gasteiger partial charge in [-0.1, -0.05) is 12.1 Å². The topological polar surface area (TPSA) is 77.4 Å². The number of hydrogen-bond donors (Lipinski definition) is 0. The second-order valence-electron chi connectivity index (χ2n) is 7.67. The molecule has 152 valence electrons. The van der Waals surface area contributed by atoms with Gasteiger partial charge in [0.1, 0.15) is 5.82 Å². The minimum Gasteiger partial charge on any atom is -0.294 e. The highest BCUT2D eigenvalue weighted by Gasteiger charge is 2.31. The van der Waals surface area contributed by atoms with Gasteiger partial charge in [0.05, 0.1) is 24.3 Å².